The minimum absolute atomic E-state index is 0.639. The second kappa shape index (κ2) is 18.2. The highest BCUT2D eigenvalue weighted by molar-refractivity contribution is 7.26. The number of hydrogen-bond acceptors (Lipinski definition) is 4. The molecule has 0 spiro atoms. The van der Waals surface area contributed by atoms with E-state index in [2.05, 4.69) is 255 Å². The van der Waals surface area contributed by atoms with Gasteiger partial charge in [0.1, 0.15) is 0 Å². The Morgan fingerprint density at radius 2 is 0.541 bits per heavy atom. The van der Waals surface area contributed by atoms with Crippen molar-refractivity contribution in [2.24, 2.45) is 0 Å². The van der Waals surface area contributed by atoms with E-state index in [1.165, 1.54) is 95.5 Å². The molecule has 0 radical (unpaired) electrons. The molecule has 0 saturated heterocycles. The highest BCUT2D eigenvalue weighted by Gasteiger charge is 2.41. The molecule has 74 heavy (non-hydrogen) atoms. The third kappa shape index (κ3) is 7.44. The molecule has 14 rings (SSSR count). The van der Waals surface area contributed by atoms with Crippen LogP contribution in [0.2, 0.25) is 0 Å². The van der Waals surface area contributed by atoms with Crippen LogP contribution in [0, 0.1) is 0 Å². The van der Waals surface area contributed by atoms with Gasteiger partial charge >= 0.3 is 0 Å². The van der Waals surface area contributed by atoms with Gasteiger partial charge in [0.15, 0.2) is 25.5 Å². The zero-order chi connectivity index (χ0) is 49.0. The molecule has 3 nitrogen and oxygen atoms in total. The fourth-order valence-corrected chi connectivity index (χ4v) is 17.3. The zero-order valence-corrected chi connectivity index (χ0v) is 42.0. The molecule has 0 N–H and O–H groups in total. The fraction of sp³-hybridized carbons (Fsp3) is 0. The number of nitrogens with zero attached hydrogens (tertiary/aromatic N) is 3. The Morgan fingerprint density at radius 3 is 1.05 bits per heavy atom. The van der Waals surface area contributed by atoms with Crippen molar-refractivity contribution >= 4 is 92.6 Å². The third-order valence-electron chi connectivity index (χ3n) is 14.9. The van der Waals surface area contributed by atoms with Crippen molar-refractivity contribution in [1.29, 1.82) is 0 Å². The van der Waals surface area contributed by atoms with Crippen molar-refractivity contribution < 1.29 is 0 Å². The van der Waals surface area contributed by atoms with Crippen molar-refractivity contribution in [3.8, 4) is 56.4 Å². The molecule has 346 valence electrons. The zero-order valence-electron chi connectivity index (χ0n) is 40.2. The van der Waals surface area contributed by atoms with E-state index >= 15 is 0 Å². The minimum atomic E-state index is -2.71. The van der Waals surface area contributed by atoms with Crippen LogP contribution in [-0.4, -0.2) is 23.0 Å². The first kappa shape index (κ1) is 43.6. The van der Waals surface area contributed by atoms with Crippen LogP contribution in [0.4, 0.5) is 0 Å². The number of hydrogen-bond donors (Lipinski definition) is 0. The van der Waals surface area contributed by atoms with Gasteiger partial charge in [0.2, 0.25) is 0 Å². The summed E-state index contributed by atoms with van der Waals surface area (Å²) in [6.45, 7) is 0. The standard InChI is InChI=1S/C69H45N3SSi/c1-5-18-46(19-6-1)67-70-68(47-32-37-56(38-33-47)74(53-22-7-2-8-23-53,54-24-9-3-10-25-54)55-26-11-4-12-27-55)72-69(71-67)52-36-41-63-62-40-35-51(44-65(62)73-66(63)45-52)49-21-17-20-48(42-49)50-34-39-61-59-30-14-13-28-57(59)58-29-15-16-31-60(58)64(61)43-50/h1-45H. The quantitative estimate of drug-likeness (QED) is 0.0822. The van der Waals surface area contributed by atoms with E-state index in [0.717, 1.165) is 16.7 Å². The Bertz CT molecular complexity index is 4270. The molecular formula is C69H45N3SSi. The van der Waals surface area contributed by atoms with E-state index in [9.17, 15) is 0 Å². The highest BCUT2D eigenvalue weighted by Crippen LogP contribution is 2.41. The van der Waals surface area contributed by atoms with Crippen molar-refractivity contribution in [3.05, 3.63) is 273 Å². The molecule has 5 heteroatoms. The summed E-state index contributed by atoms with van der Waals surface area (Å²) >= 11 is 1.82. The van der Waals surface area contributed by atoms with Crippen LogP contribution < -0.4 is 20.7 Å². The maximum atomic E-state index is 5.25. The molecule has 0 bridgehead atoms. The molecule has 2 aromatic heterocycles. The first-order chi connectivity index (χ1) is 36.7. The minimum Gasteiger partial charge on any atom is -0.208 e. The topological polar surface area (TPSA) is 38.7 Å². The smallest absolute Gasteiger partial charge is 0.179 e. The Kier molecular flexibility index (Phi) is 10.7. The fourth-order valence-electron chi connectivity index (χ4n) is 11.3. The van der Waals surface area contributed by atoms with Gasteiger partial charge in [-0.05, 0) is 99.6 Å². The monoisotopic (exact) mass is 975 g/mol. The van der Waals surface area contributed by atoms with Gasteiger partial charge in [-0.25, -0.2) is 15.0 Å². The van der Waals surface area contributed by atoms with E-state index in [1.54, 1.807) is 0 Å². The predicted molar refractivity (Wildman–Crippen MR) is 316 cm³/mol. The summed E-state index contributed by atoms with van der Waals surface area (Å²) in [5.41, 5.74) is 7.63. The summed E-state index contributed by atoms with van der Waals surface area (Å²) in [4.78, 5) is 15.6. The maximum Gasteiger partial charge on any atom is 0.179 e. The molecule has 14 aromatic rings. The van der Waals surface area contributed by atoms with Crippen LogP contribution in [0.1, 0.15) is 0 Å². The van der Waals surface area contributed by atoms with E-state index in [0.29, 0.717) is 17.5 Å². The van der Waals surface area contributed by atoms with Crippen molar-refractivity contribution in [3.63, 3.8) is 0 Å². The number of fused-ring (bicyclic) bond motifs is 9. The average Bonchev–Trinajstić information content (AvgIpc) is 3.86. The molecule has 12 aromatic carbocycles. The van der Waals surface area contributed by atoms with Gasteiger partial charge < -0.3 is 0 Å². The van der Waals surface area contributed by atoms with Gasteiger partial charge in [0.25, 0.3) is 0 Å². The summed E-state index contributed by atoms with van der Waals surface area (Å²) in [5, 5.41) is 15.5. The SMILES string of the molecule is c1ccc(-c2nc(-c3ccc([Si](c4ccccc4)(c4ccccc4)c4ccccc4)cc3)nc(-c3ccc4c(c3)sc3cc(-c5cccc(-c6ccc7c8ccccc8c8ccccc8c7c6)c5)ccc34)n2)cc1. The maximum absolute atomic E-state index is 5.25. The molecule has 0 aliphatic carbocycles. The van der Waals surface area contributed by atoms with Crippen molar-refractivity contribution in [1.82, 2.24) is 15.0 Å². The molecule has 0 aliphatic rings. The van der Waals surface area contributed by atoms with Crippen LogP contribution in [0.15, 0.2) is 273 Å². The van der Waals surface area contributed by atoms with Gasteiger partial charge in [0, 0.05) is 36.9 Å². The Labute approximate surface area is 434 Å². The van der Waals surface area contributed by atoms with Gasteiger partial charge in [-0.15, -0.1) is 11.3 Å². The third-order valence-corrected chi connectivity index (χ3v) is 20.8. The summed E-state index contributed by atoms with van der Waals surface area (Å²) in [5.74, 6) is 1.93. The van der Waals surface area contributed by atoms with Gasteiger partial charge in [-0.2, -0.15) is 0 Å². The number of rotatable bonds is 9. The molecule has 0 unspecified atom stereocenters. The lowest BCUT2D eigenvalue weighted by Crippen LogP contribution is -2.74. The molecule has 2 heterocycles. The lowest BCUT2D eigenvalue weighted by molar-refractivity contribution is 1.07. The van der Waals surface area contributed by atoms with Crippen LogP contribution in [0.5, 0.6) is 0 Å². The summed E-state index contributed by atoms with van der Waals surface area (Å²) in [7, 11) is -2.71. The Hall–Kier alpha value is -9.13. The normalized spacial score (nSPS) is 11.8. The van der Waals surface area contributed by atoms with Gasteiger partial charge in [-0.1, -0.05) is 249 Å². The van der Waals surface area contributed by atoms with Crippen molar-refractivity contribution in [2.45, 2.75) is 0 Å². The number of thiophene rings is 1. The highest BCUT2D eigenvalue weighted by atomic mass is 32.1. The van der Waals surface area contributed by atoms with Crippen LogP contribution >= 0.6 is 11.3 Å². The van der Waals surface area contributed by atoms with Crippen LogP contribution in [-0.2, 0) is 0 Å². The Balaban J connectivity index is 0.829. The molecule has 0 amide bonds. The first-order valence-electron chi connectivity index (χ1n) is 25.2. The largest absolute Gasteiger partial charge is 0.208 e. The van der Waals surface area contributed by atoms with E-state index < -0.39 is 8.07 Å². The van der Waals surface area contributed by atoms with Crippen LogP contribution in [0.3, 0.4) is 0 Å². The van der Waals surface area contributed by atoms with Gasteiger partial charge in [0.05, 0.1) is 0 Å². The molecule has 0 saturated carbocycles. The second-order valence-corrected chi connectivity index (χ2v) is 23.9. The number of benzene rings is 12. The van der Waals surface area contributed by atoms with E-state index in [4.69, 9.17) is 15.0 Å². The van der Waals surface area contributed by atoms with E-state index in [1.807, 2.05) is 29.5 Å². The van der Waals surface area contributed by atoms with E-state index in [-0.39, 0.29) is 0 Å². The first-order valence-corrected chi connectivity index (χ1v) is 28.0. The number of aromatic nitrogens is 3. The second-order valence-electron chi connectivity index (χ2n) is 19.1. The molecular weight excluding hydrogens is 931 g/mol. The predicted octanol–water partition coefficient (Wildman–Crippen LogP) is 15.4. The van der Waals surface area contributed by atoms with Gasteiger partial charge in [-0.3, -0.25) is 0 Å². The summed E-state index contributed by atoms with van der Waals surface area (Å²) in [6.07, 6.45) is 0. The summed E-state index contributed by atoms with van der Waals surface area (Å²) in [6, 6.07) is 99.4. The average molecular weight is 976 g/mol. The molecule has 0 fully saturated rings. The lowest BCUT2D eigenvalue weighted by atomic mass is 9.91. The lowest BCUT2D eigenvalue weighted by Gasteiger charge is -2.34. The Morgan fingerprint density at radius 1 is 0.216 bits per heavy atom. The summed E-state index contributed by atoms with van der Waals surface area (Å²) < 4.78 is 2.43. The van der Waals surface area contributed by atoms with Crippen molar-refractivity contribution in [2.75, 3.05) is 0 Å². The molecule has 0 aliphatic heterocycles. The van der Waals surface area contributed by atoms with Crippen LogP contribution in [0.25, 0.3) is 109 Å². The molecule has 0 atom stereocenters.